The molecule has 1 aromatic carbocycles. The minimum Gasteiger partial charge on any atom is -0.379 e. The number of ether oxygens (including phenoxy) is 1. The number of carbonyl (C=O) groups excluding carboxylic acids is 1. The molecule has 1 aliphatic rings. The molecule has 1 heterocycles. The Balaban J connectivity index is 1.91. The molecule has 1 aromatic rings. The van der Waals surface area contributed by atoms with Crippen molar-refractivity contribution in [3.63, 3.8) is 0 Å². The molecule has 0 aromatic heterocycles. The second-order valence-electron chi connectivity index (χ2n) is 5.15. The Kier molecular flexibility index (Phi) is 4.93. The fourth-order valence-electron chi connectivity index (χ4n) is 2.31. The van der Waals surface area contributed by atoms with Gasteiger partial charge < -0.3 is 15.8 Å². The van der Waals surface area contributed by atoms with Crippen LogP contribution in [0.3, 0.4) is 0 Å². The molecular formula is C15H22N2O2. The van der Waals surface area contributed by atoms with Gasteiger partial charge in [0.2, 0.25) is 5.91 Å². The lowest BCUT2D eigenvalue weighted by atomic mass is 9.94. The summed E-state index contributed by atoms with van der Waals surface area (Å²) in [5.74, 6) is -0.240. The number of benzene rings is 1. The highest BCUT2D eigenvalue weighted by Crippen LogP contribution is 2.19. The van der Waals surface area contributed by atoms with Crippen LogP contribution in [0.2, 0.25) is 0 Å². The van der Waals surface area contributed by atoms with Crippen LogP contribution in [-0.4, -0.2) is 25.2 Å². The molecule has 0 spiro atoms. The highest BCUT2D eigenvalue weighted by atomic mass is 16.5. The summed E-state index contributed by atoms with van der Waals surface area (Å²) in [7, 11) is 0. The van der Waals surface area contributed by atoms with E-state index in [0.29, 0.717) is 6.61 Å². The highest BCUT2D eigenvalue weighted by molar-refractivity contribution is 5.79. The second-order valence-corrected chi connectivity index (χ2v) is 5.15. The van der Waals surface area contributed by atoms with E-state index in [0.717, 1.165) is 25.0 Å². The monoisotopic (exact) mass is 262 g/mol. The maximum atomic E-state index is 12.2. The predicted octanol–water partition coefficient (Wildman–Crippen LogP) is 1.62. The summed E-state index contributed by atoms with van der Waals surface area (Å²) >= 11 is 0. The van der Waals surface area contributed by atoms with Gasteiger partial charge in [0.25, 0.3) is 0 Å². The van der Waals surface area contributed by atoms with Crippen LogP contribution in [0.4, 0.5) is 0 Å². The first-order valence-corrected chi connectivity index (χ1v) is 6.87. The molecule has 1 aliphatic heterocycles. The molecule has 2 rings (SSSR count). The van der Waals surface area contributed by atoms with Gasteiger partial charge in [-0.05, 0) is 18.4 Å². The molecule has 1 fully saturated rings. The Morgan fingerprint density at radius 3 is 2.79 bits per heavy atom. The first-order valence-electron chi connectivity index (χ1n) is 6.87. The Hall–Kier alpha value is -1.39. The van der Waals surface area contributed by atoms with Gasteiger partial charge in [-0.15, -0.1) is 0 Å². The SMILES string of the molecule is CC(C(=O)NC1CCCOC1)C(N)c1ccccc1. The van der Waals surface area contributed by atoms with Gasteiger partial charge in [0.1, 0.15) is 0 Å². The summed E-state index contributed by atoms with van der Waals surface area (Å²) in [5, 5.41) is 3.03. The van der Waals surface area contributed by atoms with Crippen molar-refractivity contribution in [2.24, 2.45) is 11.7 Å². The van der Waals surface area contributed by atoms with Gasteiger partial charge in [-0.1, -0.05) is 37.3 Å². The number of hydrogen-bond donors (Lipinski definition) is 2. The third kappa shape index (κ3) is 3.78. The number of amides is 1. The van der Waals surface area contributed by atoms with Crippen molar-refractivity contribution in [2.75, 3.05) is 13.2 Å². The lowest BCUT2D eigenvalue weighted by Crippen LogP contribution is -2.45. The molecule has 3 atom stereocenters. The lowest BCUT2D eigenvalue weighted by molar-refractivity contribution is -0.126. The maximum absolute atomic E-state index is 12.2. The van der Waals surface area contributed by atoms with E-state index in [4.69, 9.17) is 10.5 Å². The van der Waals surface area contributed by atoms with Crippen LogP contribution in [0.5, 0.6) is 0 Å². The number of carbonyl (C=O) groups is 1. The van der Waals surface area contributed by atoms with Crippen molar-refractivity contribution in [3.05, 3.63) is 35.9 Å². The molecule has 19 heavy (non-hydrogen) atoms. The van der Waals surface area contributed by atoms with Gasteiger partial charge in [-0.2, -0.15) is 0 Å². The smallest absolute Gasteiger partial charge is 0.225 e. The first kappa shape index (κ1) is 14.0. The van der Waals surface area contributed by atoms with Crippen LogP contribution in [0.15, 0.2) is 30.3 Å². The summed E-state index contributed by atoms with van der Waals surface area (Å²) < 4.78 is 5.36. The highest BCUT2D eigenvalue weighted by Gasteiger charge is 2.25. The van der Waals surface area contributed by atoms with E-state index < -0.39 is 0 Å². The molecule has 4 nitrogen and oxygen atoms in total. The van der Waals surface area contributed by atoms with E-state index >= 15 is 0 Å². The van der Waals surface area contributed by atoms with Crippen molar-refractivity contribution >= 4 is 5.91 Å². The fraction of sp³-hybridized carbons (Fsp3) is 0.533. The zero-order valence-electron chi connectivity index (χ0n) is 11.3. The van der Waals surface area contributed by atoms with Crippen LogP contribution in [0.25, 0.3) is 0 Å². The van der Waals surface area contributed by atoms with Crippen molar-refractivity contribution in [1.29, 1.82) is 0 Å². The first-order chi connectivity index (χ1) is 9.18. The van der Waals surface area contributed by atoms with Crippen LogP contribution in [0, 0.1) is 5.92 Å². The molecule has 0 saturated carbocycles. The minimum atomic E-state index is -0.272. The third-order valence-corrected chi connectivity index (χ3v) is 3.64. The molecule has 0 bridgehead atoms. The number of rotatable bonds is 4. The topological polar surface area (TPSA) is 64.3 Å². The van der Waals surface area contributed by atoms with E-state index in [1.165, 1.54) is 0 Å². The van der Waals surface area contributed by atoms with Crippen molar-refractivity contribution in [3.8, 4) is 0 Å². The van der Waals surface area contributed by atoms with Gasteiger partial charge >= 0.3 is 0 Å². The molecular weight excluding hydrogens is 240 g/mol. The fourth-order valence-corrected chi connectivity index (χ4v) is 2.31. The van der Waals surface area contributed by atoms with E-state index in [1.54, 1.807) is 0 Å². The Labute approximate surface area is 114 Å². The van der Waals surface area contributed by atoms with Gasteiger partial charge in [-0.25, -0.2) is 0 Å². The summed E-state index contributed by atoms with van der Waals surface area (Å²) in [6, 6.07) is 9.60. The van der Waals surface area contributed by atoms with Crippen LogP contribution in [0.1, 0.15) is 31.4 Å². The summed E-state index contributed by atoms with van der Waals surface area (Å²) in [6.45, 7) is 3.28. The normalized spacial score (nSPS) is 22.5. The Morgan fingerprint density at radius 2 is 2.16 bits per heavy atom. The number of nitrogens with one attached hydrogen (secondary N) is 1. The van der Waals surface area contributed by atoms with E-state index in [-0.39, 0.29) is 23.9 Å². The third-order valence-electron chi connectivity index (χ3n) is 3.64. The summed E-state index contributed by atoms with van der Waals surface area (Å²) in [5.41, 5.74) is 7.14. The number of nitrogens with two attached hydrogens (primary N) is 1. The van der Waals surface area contributed by atoms with E-state index in [2.05, 4.69) is 5.32 Å². The van der Waals surface area contributed by atoms with Gasteiger partial charge in [0.05, 0.1) is 18.6 Å². The molecule has 1 saturated heterocycles. The molecule has 0 radical (unpaired) electrons. The Morgan fingerprint density at radius 1 is 1.42 bits per heavy atom. The molecule has 3 unspecified atom stereocenters. The van der Waals surface area contributed by atoms with Crippen LogP contribution in [-0.2, 0) is 9.53 Å². The summed E-state index contributed by atoms with van der Waals surface area (Å²) in [6.07, 6.45) is 1.99. The molecule has 4 heteroatoms. The summed E-state index contributed by atoms with van der Waals surface area (Å²) in [4.78, 5) is 12.2. The number of hydrogen-bond acceptors (Lipinski definition) is 3. The van der Waals surface area contributed by atoms with Crippen molar-refractivity contribution < 1.29 is 9.53 Å². The molecule has 1 amide bonds. The van der Waals surface area contributed by atoms with Gasteiger partial charge in [-0.3, -0.25) is 4.79 Å². The quantitative estimate of drug-likeness (QED) is 0.866. The Bertz CT molecular complexity index is 402. The minimum absolute atomic E-state index is 0.00635. The van der Waals surface area contributed by atoms with Gasteiger partial charge in [0, 0.05) is 12.6 Å². The second kappa shape index (κ2) is 6.68. The average Bonchev–Trinajstić information content (AvgIpc) is 2.47. The standard InChI is InChI=1S/C15H22N2O2/c1-11(14(16)12-6-3-2-4-7-12)15(18)17-13-8-5-9-19-10-13/h2-4,6-7,11,13-14H,5,8-10,16H2,1H3,(H,17,18). The van der Waals surface area contributed by atoms with Gasteiger partial charge in [0.15, 0.2) is 0 Å². The lowest BCUT2D eigenvalue weighted by Gasteiger charge is -2.26. The zero-order chi connectivity index (χ0) is 13.7. The predicted molar refractivity (Wildman–Crippen MR) is 74.5 cm³/mol. The average molecular weight is 262 g/mol. The maximum Gasteiger partial charge on any atom is 0.225 e. The molecule has 3 N–H and O–H groups in total. The molecule has 0 aliphatic carbocycles. The molecule has 104 valence electrons. The largest absolute Gasteiger partial charge is 0.379 e. The van der Waals surface area contributed by atoms with Crippen LogP contribution >= 0.6 is 0 Å². The van der Waals surface area contributed by atoms with Crippen molar-refractivity contribution in [1.82, 2.24) is 5.32 Å². The van der Waals surface area contributed by atoms with E-state index in [1.807, 2.05) is 37.3 Å². The zero-order valence-corrected chi connectivity index (χ0v) is 11.3. The van der Waals surface area contributed by atoms with Crippen molar-refractivity contribution in [2.45, 2.75) is 31.8 Å². The van der Waals surface area contributed by atoms with Crippen LogP contribution < -0.4 is 11.1 Å². The van der Waals surface area contributed by atoms with E-state index in [9.17, 15) is 4.79 Å².